The number of amides is 1. The number of hydrogen-bond acceptors (Lipinski definition) is 3. The molecule has 2 N–H and O–H groups in total. The summed E-state index contributed by atoms with van der Waals surface area (Å²) < 4.78 is 5.60. The van der Waals surface area contributed by atoms with Gasteiger partial charge < -0.3 is 15.4 Å². The van der Waals surface area contributed by atoms with Crippen molar-refractivity contribution in [2.24, 2.45) is 5.92 Å². The number of unbranched alkanes of at least 4 members (excludes halogenated alkanes) is 1. The molecule has 1 amide bonds. The summed E-state index contributed by atoms with van der Waals surface area (Å²) in [7, 11) is 1.67. The molecule has 0 unspecified atom stereocenters. The lowest BCUT2D eigenvalue weighted by Crippen LogP contribution is -2.56. The fourth-order valence-corrected chi connectivity index (χ4v) is 3.76. The van der Waals surface area contributed by atoms with Gasteiger partial charge in [0, 0.05) is 13.2 Å². The second-order valence-electron chi connectivity index (χ2n) is 6.78. The van der Waals surface area contributed by atoms with Crippen molar-refractivity contribution >= 4 is 18.3 Å². The van der Waals surface area contributed by atoms with Crippen molar-refractivity contribution in [3.05, 3.63) is 0 Å². The number of rotatable bonds is 6. The lowest BCUT2D eigenvalue weighted by Gasteiger charge is -2.37. The number of hydrogen-bond donors (Lipinski definition) is 2. The molecule has 2 fully saturated rings. The molecule has 0 aromatic carbocycles. The standard InChI is InChI=1S/C17H32N2O2.ClH/c1-3-4-5-14-6-8-15(9-7-14)19-16(20)17(21-2)10-12-18-13-11-17;/h14-15,18H,3-13H2,1-2H3,(H,19,20);1H. The third kappa shape index (κ3) is 5.10. The minimum atomic E-state index is -0.593. The van der Waals surface area contributed by atoms with E-state index in [9.17, 15) is 4.79 Å². The molecular weight excluding hydrogens is 300 g/mol. The monoisotopic (exact) mass is 332 g/mol. The second-order valence-corrected chi connectivity index (χ2v) is 6.78. The molecule has 2 aliphatic rings. The highest BCUT2D eigenvalue weighted by Gasteiger charge is 2.40. The molecule has 0 bridgehead atoms. The van der Waals surface area contributed by atoms with Crippen molar-refractivity contribution in [3.63, 3.8) is 0 Å². The van der Waals surface area contributed by atoms with Gasteiger partial charge in [-0.25, -0.2) is 0 Å². The Morgan fingerprint density at radius 1 is 1.23 bits per heavy atom. The number of ether oxygens (including phenoxy) is 1. The van der Waals surface area contributed by atoms with Crippen LogP contribution in [0.15, 0.2) is 0 Å². The van der Waals surface area contributed by atoms with Crippen molar-refractivity contribution in [2.45, 2.75) is 76.4 Å². The van der Waals surface area contributed by atoms with Crippen LogP contribution in [0.2, 0.25) is 0 Å². The molecule has 4 nitrogen and oxygen atoms in total. The van der Waals surface area contributed by atoms with E-state index >= 15 is 0 Å². The van der Waals surface area contributed by atoms with E-state index in [1.165, 1.54) is 32.1 Å². The van der Waals surface area contributed by atoms with Crippen LogP contribution in [0.1, 0.15) is 64.7 Å². The maximum absolute atomic E-state index is 12.6. The van der Waals surface area contributed by atoms with Gasteiger partial charge >= 0.3 is 0 Å². The lowest BCUT2D eigenvalue weighted by molar-refractivity contribution is -0.147. The first-order chi connectivity index (χ1) is 10.2. The van der Waals surface area contributed by atoms with Gasteiger partial charge in [0.15, 0.2) is 0 Å². The Morgan fingerprint density at radius 3 is 2.41 bits per heavy atom. The predicted octanol–water partition coefficient (Wildman–Crippen LogP) is 3.04. The molecule has 5 heteroatoms. The summed E-state index contributed by atoms with van der Waals surface area (Å²) in [4.78, 5) is 12.6. The summed E-state index contributed by atoms with van der Waals surface area (Å²) in [6.45, 7) is 3.99. The van der Waals surface area contributed by atoms with Crippen LogP contribution in [0.3, 0.4) is 0 Å². The number of halogens is 1. The SMILES string of the molecule is CCCCC1CCC(NC(=O)C2(OC)CCNCC2)CC1.Cl. The van der Waals surface area contributed by atoms with Crippen LogP contribution in [-0.4, -0.2) is 37.7 Å². The Kier molecular flexibility index (Phi) is 8.73. The van der Waals surface area contributed by atoms with Crippen molar-refractivity contribution in [1.82, 2.24) is 10.6 Å². The van der Waals surface area contributed by atoms with Gasteiger partial charge in [-0.05, 0) is 57.5 Å². The van der Waals surface area contributed by atoms with E-state index in [0.717, 1.165) is 44.7 Å². The Morgan fingerprint density at radius 2 is 1.86 bits per heavy atom. The lowest BCUT2D eigenvalue weighted by atomic mass is 9.82. The van der Waals surface area contributed by atoms with Crippen LogP contribution >= 0.6 is 12.4 Å². The minimum Gasteiger partial charge on any atom is -0.368 e. The molecule has 0 atom stereocenters. The Labute approximate surface area is 141 Å². The summed E-state index contributed by atoms with van der Waals surface area (Å²) in [6.07, 6.45) is 10.4. The predicted molar refractivity (Wildman–Crippen MR) is 92.5 cm³/mol. The topological polar surface area (TPSA) is 50.4 Å². The highest BCUT2D eigenvalue weighted by Crippen LogP contribution is 2.29. The van der Waals surface area contributed by atoms with Gasteiger partial charge in [-0.2, -0.15) is 0 Å². The molecule has 1 aliphatic carbocycles. The molecule has 0 spiro atoms. The first kappa shape index (κ1) is 19.7. The quantitative estimate of drug-likeness (QED) is 0.786. The zero-order valence-corrected chi connectivity index (χ0v) is 15.0. The van der Waals surface area contributed by atoms with Crippen molar-refractivity contribution in [1.29, 1.82) is 0 Å². The van der Waals surface area contributed by atoms with Gasteiger partial charge in [0.2, 0.25) is 0 Å². The highest BCUT2D eigenvalue weighted by atomic mass is 35.5. The summed E-state index contributed by atoms with van der Waals surface area (Å²) in [5, 5.41) is 6.56. The fourth-order valence-electron chi connectivity index (χ4n) is 3.76. The average molecular weight is 333 g/mol. The van der Waals surface area contributed by atoms with E-state index in [-0.39, 0.29) is 18.3 Å². The van der Waals surface area contributed by atoms with Crippen LogP contribution in [0, 0.1) is 5.92 Å². The van der Waals surface area contributed by atoms with E-state index in [0.29, 0.717) is 6.04 Å². The molecule has 0 aromatic rings. The van der Waals surface area contributed by atoms with Crippen molar-refractivity contribution in [2.75, 3.05) is 20.2 Å². The molecule has 2 rings (SSSR count). The van der Waals surface area contributed by atoms with Crippen LogP contribution in [0.5, 0.6) is 0 Å². The molecule has 22 heavy (non-hydrogen) atoms. The van der Waals surface area contributed by atoms with Gasteiger partial charge in [0.25, 0.3) is 5.91 Å². The number of nitrogens with one attached hydrogen (secondary N) is 2. The van der Waals surface area contributed by atoms with E-state index in [2.05, 4.69) is 17.6 Å². The second kappa shape index (κ2) is 9.74. The largest absolute Gasteiger partial charge is 0.368 e. The average Bonchev–Trinajstić information content (AvgIpc) is 2.54. The van der Waals surface area contributed by atoms with Crippen LogP contribution in [-0.2, 0) is 9.53 Å². The van der Waals surface area contributed by atoms with E-state index < -0.39 is 5.60 Å². The summed E-state index contributed by atoms with van der Waals surface area (Å²) in [5.41, 5.74) is -0.593. The minimum absolute atomic E-state index is 0. The normalized spacial score (nSPS) is 27.7. The molecule has 0 radical (unpaired) electrons. The molecule has 1 saturated carbocycles. The van der Waals surface area contributed by atoms with E-state index in [1.807, 2.05) is 0 Å². The van der Waals surface area contributed by atoms with Gasteiger partial charge in [-0.3, -0.25) is 4.79 Å². The van der Waals surface area contributed by atoms with Crippen molar-refractivity contribution < 1.29 is 9.53 Å². The zero-order chi connectivity index (χ0) is 15.1. The fraction of sp³-hybridized carbons (Fsp3) is 0.941. The Balaban J connectivity index is 0.00000242. The summed E-state index contributed by atoms with van der Waals surface area (Å²) in [6, 6.07) is 0.359. The molecule has 1 heterocycles. The Hall–Kier alpha value is -0.320. The van der Waals surface area contributed by atoms with Gasteiger partial charge in [-0.15, -0.1) is 12.4 Å². The maximum atomic E-state index is 12.6. The van der Waals surface area contributed by atoms with Crippen LogP contribution in [0.25, 0.3) is 0 Å². The van der Waals surface area contributed by atoms with E-state index in [1.54, 1.807) is 7.11 Å². The maximum Gasteiger partial charge on any atom is 0.252 e. The summed E-state index contributed by atoms with van der Waals surface area (Å²) in [5.74, 6) is 0.997. The zero-order valence-electron chi connectivity index (χ0n) is 14.2. The highest BCUT2D eigenvalue weighted by molar-refractivity contribution is 5.86. The first-order valence-corrected chi connectivity index (χ1v) is 8.77. The van der Waals surface area contributed by atoms with Crippen LogP contribution < -0.4 is 10.6 Å². The van der Waals surface area contributed by atoms with Crippen LogP contribution in [0.4, 0.5) is 0 Å². The van der Waals surface area contributed by atoms with E-state index in [4.69, 9.17) is 4.74 Å². The van der Waals surface area contributed by atoms with Gasteiger partial charge in [0.1, 0.15) is 5.60 Å². The Bertz CT molecular complexity index is 325. The molecule has 1 saturated heterocycles. The number of carbonyl (C=O) groups is 1. The number of piperidine rings is 1. The molecule has 130 valence electrons. The molecule has 0 aromatic heterocycles. The summed E-state index contributed by atoms with van der Waals surface area (Å²) >= 11 is 0. The molecule has 1 aliphatic heterocycles. The van der Waals surface area contributed by atoms with Gasteiger partial charge in [-0.1, -0.05) is 26.2 Å². The number of carbonyl (C=O) groups excluding carboxylic acids is 1. The van der Waals surface area contributed by atoms with Crippen molar-refractivity contribution in [3.8, 4) is 0 Å². The first-order valence-electron chi connectivity index (χ1n) is 8.77. The van der Waals surface area contributed by atoms with Gasteiger partial charge in [0.05, 0.1) is 0 Å². The third-order valence-electron chi connectivity index (χ3n) is 5.36. The number of methoxy groups -OCH3 is 1. The smallest absolute Gasteiger partial charge is 0.252 e. The molecular formula is C17H33ClN2O2. The third-order valence-corrected chi connectivity index (χ3v) is 5.36.